The number of benzene rings is 1. The third-order valence-electron chi connectivity index (χ3n) is 2.58. The molecule has 0 saturated carbocycles. The summed E-state index contributed by atoms with van der Waals surface area (Å²) in [5, 5.41) is 6.98. The minimum absolute atomic E-state index is 0.207. The van der Waals surface area contributed by atoms with Crippen LogP contribution in [-0.2, 0) is 0 Å². The van der Waals surface area contributed by atoms with Gasteiger partial charge in [0.1, 0.15) is 11.5 Å². The second-order valence-electron chi connectivity index (χ2n) is 3.82. The molecular weight excluding hydrogens is 267 g/mol. The van der Waals surface area contributed by atoms with Crippen LogP contribution in [0.1, 0.15) is 0 Å². The molecule has 0 unspecified atom stereocenters. The summed E-state index contributed by atoms with van der Waals surface area (Å²) >= 11 is 5.98. The van der Waals surface area contributed by atoms with Crippen LogP contribution in [-0.4, -0.2) is 20.2 Å². The van der Waals surface area contributed by atoms with E-state index in [-0.39, 0.29) is 16.4 Å². The molecule has 6 heteroatoms. The van der Waals surface area contributed by atoms with Crippen molar-refractivity contribution >= 4 is 11.6 Å². The number of nitrogens with one attached hydrogen (secondary N) is 1. The number of aromatic amines is 1. The number of hydrogen-bond acceptors (Lipinski definition) is 3. The van der Waals surface area contributed by atoms with Gasteiger partial charge in [0.25, 0.3) is 0 Å². The van der Waals surface area contributed by atoms with Gasteiger partial charge in [0.2, 0.25) is 0 Å². The van der Waals surface area contributed by atoms with Crippen LogP contribution in [0.4, 0.5) is 4.39 Å². The minimum atomic E-state index is -0.448. The standard InChI is InChI=1S/C13H8ClFN4/c14-8-4-3-5-9(15)11(8)13-17-12(18-19-13)10-6-1-2-7-16-10/h1-7H,(H,17,18,19). The lowest BCUT2D eigenvalue weighted by Crippen LogP contribution is -1.88. The molecule has 0 spiro atoms. The first-order chi connectivity index (χ1) is 9.25. The Balaban J connectivity index is 2.07. The van der Waals surface area contributed by atoms with Crippen LogP contribution in [0.5, 0.6) is 0 Å². The first-order valence-corrected chi connectivity index (χ1v) is 5.91. The van der Waals surface area contributed by atoms with Crippen molar-refractivity contribution in [2.75, 3.05) is 0 Å². The van der Waals surface area contributed by atoms with Gasteiger partial charge in [-0.3, -0.25) is 10.1 Å². The van der Waals surface area contributed by atoms with Gasteiger partial charge in [-0.05, 0) is 24.3 Å². The molecule has 0 fully saturated rings. The molecule has 3 aromatic rings. The Morgan fingerprint density at radius 1 is 1.11 bits per heavy atom. The predicted octanol–water partition coefficient (Wildman–Crippen LogP) is 3.33. The van der Waals surface area contributed by atoms with Crippen molar-refractivity contribution in [3.05, 3.63) is 53.4 Å². The molecular formula is C13H8ClFN4. The maximum atomic E-state index is 13.8. The molecule has 2 heterocycles. The largest absolute Gasteiger partial charge is 0.258 e. The van der Waals surface area contributed by atoms with E-state index in [2.05, 4.69) is 20.2 Å². The second-order valence-corrected chi connectivity index (χ2v) is 4.23. The zero-order valence-corrected chi connectivity index (χ0v) is 10.4. The molecule has 0 saturated heterocycles. The fourth-order valence-corrected chi connectivity index (χ4v) is 1.96. The van der Waals surface area contributed by atoms with E-state index in [1.807, 2.05) is 6.07 Å². The zero-order valence-electron chi connectivity index (χ0n) is 9.64. The van der Waals surface area contributed by atoms with Crippen molar-refractivity contribution in [2.24, 2.45) is 0 Å². The number of nitrogens with zero attached hydrogens (tertiary/aromatic N) is 3. The van der Waals surface area contributed by atoms with E-state index in [1.165, 1.54) is 12.1 Å². The van der Waals surface area contributed by atoms with E-state index >= 15 is 0 Å². The maximum absolute atomic E-state index is 13.8. The Morgan fingerprint density at radius 3 is 2.74 bits per heavy atom. The minimum Gasteiger partial charge on any atom is -0.258 e. The lowest BCUT2D eigenvalue weighted by Gasteiger charge is -2.00. The highest BCUT2D eigenvalue weighted by Gasteiger charge is 2.15. The molecule has 0 atom stereocenters. The van der Waals surface area contributed by atoms with Crippen molar-refractivity contribution in [3.8, 4) is 22.9 Å². The Hall–Kier alpha value is -2.27. The van der Waals surface area contributed by atoms with Crippen molar-refractivity contribution in [3.63, 3.8) is 0 Å². The monoisotopic (exact) mass is 274 g/mol. The van der Waals surface area contributed by atoms with Crippen LogP contribution < -0.4 is 0 Å². The van der Waals surface area contributed by atoms with E-state index in [0.717, 1.165) is 0 Å². The summed E-state index contributed by atoms with van der Waals surface area (Å²) in [6, 6.07) is 9.86. The van der Waals surface area contributed by atoms with Crippen LogP contribution in [0.2, 0.25) is 5.02 Å². The molecule has 94 valence electrons. The van der Waals surface area contributed by atoms with E-state index < -0.39 is 5.82 Å². The fraction of sp³-hybridized carbons (Fsp3) is 0. The number of rotatable bonds is 2. The van der Waals surface area contributed by atoms with E-state index in [1.54, 1.807) is 24.4 Å². The van der Waals surface area contributed by atoms with Crippen molar-refractivity contribution < 1.29 is 4.39 Å². The highest BCUT2D eigenvalue weighted by atomic mass is 35.5. The Labute approximate surface area is 113 Å². The van der Waals surface area contributed by atoms with Gasteiger partial charge in [-0.2, -0.15) is 5.10 Å². The SMILES string of the molecule is Fc1cccc(Cl)c1-c1nc(-c2ccccn2)n[nH]1. The molecule has 0 bridgehead atoms. The molecule has 2 aromatic heterocycles. The van der Waals surface area contributed by atoms with Crippen LogP contribution in [0, 0.1) is 5.82 Å². The molecule has 0 radical (unpaired) electrons. The molecule has 3 rings (SSSR count). The molecule has 0 aliphatic heterocycles. The van der Waals surface area contributed by atoms with Crippen molar-refractivity contribution in [1.82, 2.24) is 20.2 Å². The fourth-order valence-electron chi connectivity index (χ4n) is 1.71. The molecule has 1 aromatic carbocycles. The first-order valence-electron chi connectivity index (χ1n) is 5.54. The van der Waals surface area contributed by atoms with Gasteiger partial charge in [0.15, 0.2) is 11.6 Å². The Bertz CT molecular complexity index is 691. The Morgan fingerprint density at radius 2 is 2.00 bits per heavy atom. The lowest BCUT2D eigenvalue weighted by atomic mass is 10.2. The number of H-pyrrole nitrogens is 1. The Kier molecular flexibility index (Phi) is 2.97. The summed E-state index contributed by atoms with van der Waals surface area (Å²) in [5.41, 5.74) is 0.816. The maximum Gasteiger partial charge on any atom is 0.200 e. The quantitative estimate of drug-likeness (QED) is 0.780. The zero-order chi connectivity index (χ0) is 13.2. The van der Waals surface area contributed by atoms with Gasteiger partial charge in [-0.1, -0.05) is 23.7 Å². The van der Waals surface area contributed by atoms with E-state index in [9.17, 15) is 4.39 Å². The van der Waals surface area contributed by atoms with Gasteiger partial charge >= 0.3 is 0 Å². The predicted molar refractivity (Wildman–Crippen MR) is 70.0 cm³/mol. The van der Waals surface area contributed by atoms with Crippen molar-refractivity contribution in [2.45, 2.75) is 0 Å². The third kappa shape index (κ3) is 2.20. The summed E-state index contributed by atoms with van der Waals surface area (Å²) in [7, 11) is 0. The first kappa shape index (κ1) is 11.8. The number of pyridine rings is 1. The van der Waals surface area contributed by atoms with Crippen molar-refractivity contribution in [1.29, 1.82) is 0 Å². The van der Waals surface area contributed by atoms with E-state index in [4.69, 9.17) is 11.6 Å². The van der Waals surface area contributed by atoms with Gasteiger partial charge < -0.3 is 0 Å². The summed E-state index contributed by atoms with van der Waals surface area (Å²) in [5.74, 6) is 0.231. The van der Waals surface area contributed by atoms with Crippen LogP contribution >= 0.6 is 11.6 Å². The van der Waals surface area contributed by atoms with E-state index in [0.29, 0.717) is 11.5 Å². The lowest BCUT2D eigenvalue weighted by molar-refractivity contribution is 0.630. The smallest absolute Gasteiger partial charge is 0.200 e. The average Bonchev–Trinajstić information content (AvgIpc) is 2.89. The second kappa shape index (κ2) is 4.78. The van der Waals surface area contributed by atoms with Crippen LogP contribution in [0.3, 0.4) is 0 Å². The van der Waals surface area contributed by atoms with Gasteiger partial charge in [-0.15, -0.1) is 0 Å². The average molecular weight is 275 g/mol. The number of halogens is 2. The highest BCUT2D eigenvalue weighted by molar-refractivity contribution is 6.33. The summed E-state index contributed by atoms with van der Waals surface area (Å²) in [6.07, 6.45) is 1.64. The molecule has 0 aliphatic rings. The number of aromatic nitrogens is 4. The summed E-state index contributed by atoms with van der Waals surface area (Å²) in [6.45, 7) is 0. The molecule has 4 nitrogen and oxygen atoms in total. The van der Waals surface area contributed by atoms with Crippen LogP contribution in [0.25, 0.3) is 22.9 Å². The van der Waals surface area contributed by atoms with Crippen LogP contribution in [0.15, 0.2) is 42.6 Å². The topological polar surface area (TPSA) is 54.5 Å². The highest BCUT2D eigenvalue weighted by Crippen LogP contribution is 2.28. The summed E-state index contributed by atoms with van der Waals surface area (Å²) in [4.78, 5) is 8.35. The molecule has 0 amide bonds. The molecule has 19 heavy (non-hydrogen) atoms. The normalized spacial score (nSPS) is 10.6. The van der Waals surface area contributed by atoms with Gasteiger partial charge in [0, 0.05) is 6.20 Å². The van der Waals surface area contributed by atoms with Gasteiger partial charge in [0.05, 0.1) is 10.6 Å². The van der Waals surface area contributed by atoms with Gasteiger partial charge in [-0.25, -0.2) is 9.37 Å². The number of hydrogen-bond donors (Lipinski definition) is 1. The molecule has 0 aliphatic carbocycles. The molecule has 1 N–H and O–H groups in total. The third-order valence-corrected chi connectivity index (χ3v) is 2.89. The summed E-state index contributed by atoms with van der Waals surface area (Å²) < 4.78 is 13.8.